The summed E-state index contributed by atoms with van der Waals surface area (Å²) in [6.45, 7) is 6.22. The number of anilines is 1. The Balaban J connectivity index is 2.96. The zero-order valence-corrected chi connectivity index (χ0v) is 11.9. The van der Waals surface area contributed by atoms with Gasteiger partial charge in [-0.05, 0) is 19.8 Å². The molecule has 96 valence electrons. The van der Waals surface area contributed by atoms with Crippen LogP contribution in [0.1, 0.15) is 42.1 Å². The minimum atomic E-state index is -0.358. The van der Waals surface area contributed by atoms with Crippen molar-refractivity contribution < 1.29 is 9.53 Å². The molecule has 0 aliphatic rings. The van der Waals surface area contributed by atoms with Crippen molar-refractivity contribution in [3.05, 3.63) is 10.6 Å². The van der Waals surface area contributed by atoms with Gasteiger partial charge in [-0.3, -0.25) is 0 Å². The van der Waals surface area contributed by atoms with Crippen LogP contribution in [0.4, 0.5) is 5.13 Å². The predicted octanol–water partition coefficient (Wildman–Crippen LogP) is 2.86. The Morgan fingerprint density at radius 1 is 1.47 bits per heavy atom. The molecule has 0 atom stereocenters. The van der Waals surface area contributed by atoms with Crippen molar-refractivity contribution in [3.63, 3.8) is 0 Å². The second-order valence-corrected chi connectivity index (χ2v) is 5.16. The first kappa shape index (κ1) is 14.0. The minimum Gasteiger partial charge on any atom is -0.464 e. The molecule has 0 aromatic carbocycles. The Morgan fingerprint density at radius 3 is 2.53 bits per heavy atom. The molecular formula is C12H20N2O2S. The average Bonchev–Trinajstić information content (AvgIpc) is 2.71. The van der Waals surface area contributed by atoms with E-state index in [0.717, 1.165) is 22.9 Å². The van der Waals surface area contributed by atoms with Crippen LogP contribution in [0.15, 0.2) is 0 Å². The number of carbonyl (C=O) groups excluding carboxylic acids is 1. The number of methoxy groups -OCH3 is 1. The number of thiazole rings is 1. The maximum absolute atomic E-state index is 11.5. The monoisotopic (exact) mass is 256 g/mol. The second-order valence-electron chi connectivity index (χ2n) is 3.97. The summed E-state index contributed by atoms with van der Waals surface area (Å²) in [7, 11) is 3.41. The molecule has 0 saturated carbocycles. The molecule has 0 spiro atoms. The standard InChI is InChI=1S/C12H20N2O2S/c1-6-9(7-2)14(4)12-13-10(8(3)17-12)11(15)16-5/h9H,6-7H2,1-5H3. The number of rotatable bonds is 5. The van der Waals surface area contributed by atoms with E-state index in [4.69, 9.17) is 4.74 Å². The lowest BCUT2D eigenvalue weighted by Gasteiger charge is -2.25. The van der Waals surface area contributed by atoms with Crippen molar-refractivity contribution in [1.29, 1.82) is 0 Å². The molecular weight excluding hydrogens is 236 g/mol. The molecule has 0 fully saturated rings. The van der Waals surface area contributed by atoms with Crippen molar-refractivity contribution in [3.8, 4) is 0 Å². The number of aromatic nitrogens is 1. The van der Waals surface area contributed by atoms with Gasteiger partial charge in [-0.1, -0.05) is 13.8 Å². The largest absolute Gasteiger partial charge is 0.464 e. The average molecular weight is 256 g/mol. The van der Waals surface area contributed by atoms with Gasteiger partial charge in [0.15, 0.2) is 10.8 Å². The molecule has 0 saturated heterocycles. The lowest BCUT2D eigenvalue weighted by atomic mass is 10.1. The van der Waals surface area contributed by atoms with Crippen LogP contribution in [0, 0.1) is 6.92 Å². The summed E-state index contributed by atoms with van der Waals surface area (Å²) >= 11 is 1.54. The fourth-order valence-electron chi connectivity index (χ4n) is 1.81. The van der Waals surface area contributed by atoms with E-state index in [1.165, 1.54) is 18.4 Å². The first-order valence-electron chi connectivity index (χ1n) is 5.83. The first-order chi connectivity index (χ1) is 8.04. The summed E-state index contributed by atoms with van der Waals surface area (Å²) in [6.07, 6.45) is 2.14. The van der Waals surface area contributed by atoms with Gasteiger partial charge in [0.25, 0.3) is 0 Å². The van der Waals surface area contributed by atoms with Crippen LogP contribution in [0.25, 0.3) is 0 Å². The molecule has 0 amide bonds. The zero-order valence-electron chi connectivity index (χ0n) is 11.1. The third-order valence-corrected chi connectivity index (χ3v) is 4.02. The van der Waals surface area contributed by atoms with Gasteiger partial charge in [0.1, 0.15) is 0 Å². The van der Waals surface area contributed by atoms with E-state index in [1.54, 1.807) is 0 Å². The van der Waals surface area contributed by atoms with E-state index < -0.39 is 0 Å². The number of ether oxygens (including phenoxy) is 1. The van der Waals surface area contributed by atoms with Gasteiger partial charge in [0.2, 0.25) is 0 Å². The summed E-state index contributed by atoms with van der Waals surface area (Å²) < 4.78 is 4.71. The van der Waals surface area contributed by atoms with Gasteiger partial charge < -0.3 is 9.64 Å². The number of hydrogen-bond donors (Lipinski definition) is 0. The fourth-order valence-corrected chi connectivity index (χ4v) is 2.74. The second kappa shape index (κ2) is 6.00. The highest BCUT2D eigenvalue weighted by Gasteiger charge is 2.20. The SMILES string of the molecule is CCC(CC)N(C)c1nc(C(=O)OC)c(C)s1. The van der Waals surface area contributed by atoms with E-state index in [0.29, 0.717) is 11.7 Å². The van der Waals surface area contributed by atoms with E-state index in [-0.39, 0.29) is 5.97 Å². The van der Waals surface area contributed by atoms with Crippen LogP contribution in [-0.2, 0) is 4.74 Å². The number of hydrogen-bond acceptors (Lipinski definition) is 5. The zero-order chi connectivity index (χ0) is 13.0. The Morgan fingerprint density at radius 2 is 2.06 bits per heavy atom. The summed E-state index contributed by atoms with van der Waals surface area (Å²) in [4.78, 5) is 18.9. The summed E-state index contributed by atoms with van der Waals surface area (Å²) in [5, 5.41) is 0.886. The molecule has 1 aromatic rings. The fraction of sp³-hybridized carbons (Fsp3) is 0.667. The topological polar surface area (TPSA) is 42.4 Å². The highest BCUT2D eigenvalue weighted by atomic mass is 32.1. The summed E-state index contributed by atoms with van der Waals surface area (Å²) in [5.41, 5.74) is 0.435. The van der Waals surface area contributed by atoms with E-state index in [2.05, 4.69) is 23.7 Å². The molecule has 0 bridgehead atoms. The van der Waals surface area contributed by atoms with Crippen LogP contribution < -0.4 is 4.90 Å². The van der Waals surface area contributed by atoms with Crippen molar-refractivity contribution in [2.24, 2.45) is 0 Å². The van der Waals surface area contributed by atoms with Gasteiger partial charge >= 0.3 is 5.97 Å². The van der Waals surface area contributed by atoms with E-state index in [9.17, 15) is 4.79 Å². The molecule has 5 heteroatoms. The number of aryl methyl sites for hydroxylation is 1. The van der Waals surface area contributed by atoms with E-state index in [1.807, 2.05) is 14.0 Å². The number of carbonyl (C=O) groups is 1. The maximum atomic E-state index is 11.5. The van der Waals surface area contributed by atoms with Crippen molar-refractivity contribution >= 4 is 22.4 Å². The Kier molecular flexibility index (Phi) is 4.93. The van der Waals surface area contributed by atoms with Crippen LogP contribution >= 0.6 is 11.3 Å². The van der Waals surface area contributed by atoms with Gasteiger partial charge in [-0.2, -0.15) is 0 Å². The van der Waals surface area contributed by atoms with Gasteiger partial charge in [-0.25, -0.2) is 9.78 Å². The normalized spacial score (nSPS) is 10.7. The van der Waals surface area contributed by atoms with Crippen molar-refractivity contribution in [2.45, 2.75) is 39.7 Å². The van der Waals surface area contributed by atoms with Crippen molar-refractivity contribution in [1.82, 2.24) is 4.98 Å². The molecule has 1 heterocycles. The smallest absolute Gasteiger partial charge is 0.357 e. The van der Waals surface area contributed by atoms with Gasteiger partial charge in [0, 0.05) is 18.0 Å². The Labute approximate surface area is 107 Å². The number of nitrogens with zero attached hydrogens (tertiary/aromatic N) is 2. The molecule has 0 aliphatic carbocycles. The summed E-state index contributed by atoms with van der Waals surface area (Å²) in [6, 6.07) is 0.464. The quantitative estimate of drug-likeness (QED) is 0.760. The van der Waals surface area contributed by atoms with E-state index >= 15 is 0 Å². The molecule has 17 heavy (non-hydrogen) atoms. The highest BCUT2D eigenvalue weighted by molar-refractivity contribution is 7.15. The first-order valence-corrected chi connectivity index (χ1v) is 6.65. The van der Waals surface area contributed by atoms with Crippen LogP contribution in [0.5, 0.6) is 0 Å². The lowest BCUT2D eigenvalue weighted by Crippen LogP contribution is -2.30. The minimum absolute atomic E-state index is 0.358. The van der Waals surface area contributed by atoms with Gasteiger partial charge in [0.05, 0.1) is 7.11 Å². The third-order valence-electron chi connectivity index (χ3n) is 2.96. The van der Waals surface area contributed by atoms with Gasteiger partial charge in [-0.15, -0.1) is 11.3 Å². The van der Waals surface area contributed by atoms with Crippen LogP contribution in [-0.4, -0.2) is 31.2 Å². The lowest BCUT2D eigenvalue weighted by molar-refractivity contribution is 0.0594. The molecule has 4 nitrogen and oxygen atoms in total. The van der Waals surface area contributed by atoms with Crippen LogP contribution in [0.2, 0.25) is 0 Å². The highest BCUT2D eigenvalue weighted by Crippen LogP contribution is 2.27. The molecule has 1 aromatic heterocycles. The maximum Gasteiger partial charge on any atom is 0.357 e. The van der Waals surface area contributed by atoms with Crippen LogP contribution in [0.3, 0.4) is 0 Å². The molecule has 0 radical (unpaired) electrons. The predicted molar refractivity (Wildman–Crippen MR) is 71.0 cm³/mol. The molecule has 0 unspecified atom stereocenters. The molecule has 0 aliphatic heterocycles. The molecule has 1 rings (SSSR count). The summed E-state index contributed by atoms with van der Waals surface area (Å²) in [5.74, 6) is -0.358. The number of esters is 1. The Bertz CT molecular complexity index is 386. The Hall–Kier alpha value is -1.10. The third kappa shape index (κ3) is 2.97. The molecule has 0 N–H and O–H groups in total. The van der Waals surface area contributed by atoms with Crippen molar-refractivity contribution in [2.75, 3.05) is 19.1 Å².